The monoisotopic (exact) mass is 467 g/mol. The molecule has 0 radical (unpaired) electrons. The van der Waals surface area contributed by atoms with E-state index in [0.717, 1.165) is 29.7 Å². The summed E-state index contributed by atoms with van der Waals surface area (Å²) < 4.78 is 11.5. The second kappa shape index (κ2) is 10.0. The number of pyridine rings is 1. The lowest BCUT2D eigenvalue weighted by molar-refractivity contribution is -0.132. The van der Waals surface area contributed by atoms with Crippen LogP contribution in [0.4, 0.5) is 0 Å². The van der Waals surface area contributed by atoms with Crippen molar-refractivity contribution < 1.29 is 24.2 Å². The van der Waals surface area contributed by atoms with Crippen molar-refractivity contribution in [3.63, 3.8) is 0 Å². The van der Waals surface area contributed by atoms with Crippen molar-refractivity contribution in [2.75, 3.05) is 33.9 Å². The van der Waals surface area contributed by atoms with Crippen molar-refractivity contribution >= 4 is 11.8 Å². The molecule has 1 aromatic carbocycles. The number of rotatable bonds is 7. The van der Waals surface area contributed by atoms with E-state index in [1.54, 1.807) is 36.2 Å². The fourth-order valence-corrected chi connectivity index (χ4v) is 4.26. The van der Waals surface area contributed by atoms with Gasteiger partial charge in [0.1, 0.15) is 17.4 Å². The van der Waals surface area contributed by atoms with E-state index in [2.05, 4.69) is 4.98 Å². The molecule has 0 spiro atoms. The minimum Gasteiger partial charge on any atom is -0.497 e. The summed E-state index contributed by atoms with van der Waals surface area (Å²) >= 11 is 0. The van der Waals surface area contributed by atoms with Crippen LogP contribution in [0.5, 0.6) is 11.6 Å². The normalized spacial score (nSPS) is 21.1. The molecule has 0 bridgehead atoms. The number of aliphatic hydroxyl groups excluding tert-OH is 1. The number of likely N-dealkylation sites (N-methyl/N-ethyl adjacent to an activating group) is 1. The molecule has 4 rings (SSSR count). The number of aliphatic hydroxyl groups is 1. The molecule has 1 fully saturated rings. The average Bonchev–Trinajstić information content (AvgIpc) is 3.70. The third kappa shape index (κ3) is 5.01. The van der Waals surface area contributed by atoms with Crippen LogP contribution in [0.25, 0.3) is 11.1 Å². The summed E-state index contributed by atoms with van der Waals surface area (Å²) in [7, 11) is 3.41. The molecule has 2 heterocycles. The fourth-order valence-electron chi connectivity index (χ4n) is 4.26. The van der Waals surface area contributed by atoms with Crippen molar-refractivity contribution in [1.29, 1.82) is 0 Å². The Kier molecular flexibility index (Phi) is 7.07. The summed E-state index contributed by atoms with van der Waals surface area (Å²) in [5.74, 6) is 0.959. The van der Waals surface area contributed by atoms with Crippen molar-refractivity contribution in [1.82, 2.24) is 14.8 Å². The number of fused-ring (bicyclic) bond motifs is 1. The number of hydrogen-bond donors (Lipinski definition) is 1. The average molecular weight is 468 g/mol. The maximum Gasteiger partial charge on any atom is 0.259 e. The summed E-state index contributed by atoms with van der Waals surface area (Å²) in [6, 6.07) is 8.96. The number of hydrogen-bond acceptors (Lipinski definition) is 6. The van der Waals surface area contributed by atoms with E-state index in [9.17, 15) is 14.7 Å². The molecule has 8 nitrogen and oxygen atoms in total. The predicted molar refractivity (Wildman–Crippen MR) is 128 cm³/mol. The molecule has 0 saturated heterocycles. The van der Waals surface area contributed by atoms with Gasteiger partial charge in [0, 0.05) is 37.2 Å². The first-order chi connectivity index (χ1) is 16.3. The number of methoxy groups -OCH3 is 1. The molecule has 3 atom stereocenters. The topological polar surface area (TPSA) is 92.2 Å². The Bertz CT molecular complexity index is 1040. The molecule has 1 aromatic heterocycles. The van der Waals surface area contributed by atoms with E-state index in [0.29, 0.717) is 18.7 Å². The van der Waals surface area contributed by atoms with Gasteiger partial charge in [0.15, 0.2) is 0 Å². The van der Waals surface area contributed by atoms with Gasteiger partial charge in [-0.05, 0) is 43.5 Å². The number of benzene rings is 1. The van der Waals surface area contributed by atoms with Gasteiger partial charge < -0.3 is 24.4 Å². The summed E-state index contributed by atoms with van der Waals surface area (Å²) in [5.41, 5.74) is 2.02. The number of nitrogens with zero attached hydrogens (tertiary/aromatic N) is 3. The van der Waals surface area contributed by atoms with Crippen LogP contribution in [-0.4, -0.2) is 77.7 Å². The molecule has 8 heteroatoms. The van der Waals surface area contributed by atoms with Gasteiger partial charge in [-0.2, -0.15) is 0 Å². The van der Waals surface area contributed by atoms with E-state index in [-0.39, 0.29) is 48.3 Å². The van der Waals surface area contributed by atoms with Crippen molar-refractivity contribution in [2.24, 2.45) is 11.8 Å². The van der Waals surface area contributed by atoms with Gasteiger partial charge in [0.05, 0.1) is 26.3 Å². The zero-order valence-electron chi connectivity index (χ0n) is 20.2. The molecule has 2 aromatic rings. The minimum absolute atomic E-state index is 0.0661. The van der Waals surface area contributed by atoms with E-state index in [4.69, 9.17) is 9.47 Å². The molecule has 2 aliphatic rings. The fraction of sp³-hybridized carbons (Fsp3) is 0.500. The van der Waals surface area contributed by atoms with E-state index >= 15 is 0 Å². The van der Waals surface area contributed by atoms with Gasteiger partial charge in [-0.25, -0.2) is 4.98 Å². The Hall–Kier alpha value is -3.13. The standard InChI is InChI=1S/C26H33N3O5/c1-16-13-29(17(2)15-30)26(32)22-11-20(18-7-9-21(33-4)10-8-18)12-27-24(22)34-23(16)14-28(3)25(31)19-5-6-19/h7-12,16-17,19,23,30H,5-6,13-15H2,1-4H3/t16-,17+,23-/m0/s1. The van der Waals surface area contributed by atoms with Crippen LogP contribution in [0.1, 0.15) is 37.0 Å². The third-order valence-corrected chi connectivity index (χ3v) is 6.70. The van der Waals surface area contributed by atoms with Crippen LogP contribution in [-0.2, 0) is 4.79 Å². The minimum atomic E-state index is -0.364. The van der Waals surface area contributed by atoms with Crippen LogP contribution < -0.4 is 9.47 Å². The van der Waals surface area contributed by atoms with E-state index < -0.39 is 0 Å². The van der Waals surface area contributed by atoms with Crippen LogP contribution in [0.15, 0.2) is 36.5 Å². The van der Waals surface area contributed by atoms with Gasteiger partial charge >= 0.3 is 0 Å². The van der Waals surface area contributed by atoms with Crippen LogP contribution in [0.3, 0.4) is 0 Å². The molecule has 1 aliphatic carbocycles. The second-order valence-electron chi connectivity index (χ2n) is 9.42. The molecule has 0 unspecified atom stereocenters. The molecule has 34 heavy (non-hydrogen) atoms. The number of ether oxygens (including phenoxy) is 2. The third-order valence-electron chi connectivity index (χ3n) is 6.70. The van der Waals surface area contributed by atoms with Crippen molar-refractivity contribution in [3.05, 3.63) is 42.1 Å². The first kappa shape index (κ1) is 24.0. The van der Waals surface area contributed by atoms with Crippen LogP contribution in [0.2, 0.25) is 0 Å². The quantitative estimate of drug-likeness (QED) is 0.673. The summed E-state index contributed by atoms with van der Waals surface area (Å²) in [5, 5.41) is 9.83. The smallest absolute Gasteiger partial charge is 0.259 e. The predicted octanol–water partition coefficient (Wildman–Crippen LogP) is 2.85. The molecule has 1 saturated carbocycles. The van der Waals surface area contributed by atoms with Crippen LogP contribution in [0, 0.1) is 11.8 Å². The lowest BCUT2D eigenvalue weighted by Crippen LogP contribution is -2.50. The Morgan fingerprint density at radius 2 is 2.00 bits per heavy atom. The van der Waals surface area contributed by atoms with Gasteiger partial charge in [-0.3, -0.25) is 9.59 Å². The summed E-state index contributed by atoms with van der Waals surface area (Å²) in [6.07, 6.45) is 3.24. The molecular formula is C26H33N3O5. The van der Waals surface area contributed by atoms with Gasteiger partial charge in [0.25, 0.3) is 5.91 Å². The number of carbonyl (C=O) groups excluding carboxylic acids is 2. The Morgan fingerprint density at radius 1 is 1.29 bits per heavy atom. The Balaban J connectivity index is 1.68. The SMILES string of the molecule is COc1ccc(-c2cnc3c(c2)C(=O)N([C@H](C)CO)C[C@H](C)[C@H](CN(C)C(=O)C2CC2)O3)cc1. The molecule has 182 valence electrons. The number of aromatic nitrogens is 1. The maximum atomic E-state index is 13.6. The van der Waals surface area contributed by atoms with Crippen molar-refractivity contribution in [2.45, 2.75) is 38.8 Å². The molecule has 1 N–H and O–H groups in total. The molecule has 2 amide bonds. The highest BCUT2D eigenvalue weighted by Gasteiger charge is 2.37. The first-order valence-electron chi connectivity index (χ1n) is 11.8. The van der Waals surface area contributed by atoms with Gasteiger partial charge in [0.2, 0.25) is 11.8 Å². The lowest BCUT2D eigenvalue weighted by Gasteiger charge is -2.37. The molecule has 1 aliphatic heterocycles. The van der Waals surface area contributed by atoms with Gasteiger partial charge in [-0.15, -0.1) is 0 Å². The highest BCUT2D eigenvalue weighted by Crippen LogP contribution is 2.33. The molecular weight excluding hydrogens is 434 g/mol. The van der Waals surface area contributed by atoms with Crippen LogP contribution >= 0.6 is 0 Å². The number of carbonyl (C=O) groups is 2. The largest absolute Gasteiger partial charge is 0.497 e. The first-order valence-corrected chi connectivity index (χ1v) is 11.8. The zero-order chi connectivity index (χ0) is 24.4. The van der Waals surface area contributed by atoms with E-state index in [1.165, 1.54) is 0 Å². The highest BCUT2D eigenvalue weighted by atomic mass is 16.5. The Labute approximate surface area is 200 Å². The summed E-state index contributed by atoms with van der Waals surface area (Å²) in [4.78, 5) is 34.1. The Morgan fingerprint density at radius 3 is 2.62 bits per heavy atom. The second-order valence-corrected chi connectivity index (χ2v) is 9.42. The highest BCUT2D eigenvalue weighted by molar-refractivity contribution is 5.98. The van der Waals surface area contributed by atoms with E-state index in [1.807, 2.05) is 38.1 Å². The summed E-state index contributed by atoms with van der Waals surface area (Å²) in [6.45, 7) is 4.49. The van der Waals surface area contributed by atoms with Gasteiger partial charge in [-0.1, -0.05) is 19.1 Å². The maximum absolute atomic E-state index is 13.6. The number of amides is 2. The van der Waals surface area contributed by atoms with Crippen molar-refractivity contribution in [3.8, 4) is 22.8 Å². The lowest BCUT2D eigenvalue weighted by atomic mass is 9.99. The zero-order valence-corrected chi connectivity index (χ0v) is 20.2.